The SMILES string of the molecule is O=C(CCCC[C@@H]1SC[C@@H]2NC(=O)N[C@@H]21)Nc1ccc2nc[nH]c(=O)c2c1. The summed E-state index contributed by atoms with van der Waals surface area (Å²) < 4.78 is 0. The lowest BCUT2D eigenvalue weighted by Crippen LogP contribution is -2.36. The van der Waals surface area contributed by atoms with Gasteiger partial charge in [-0.15, -0.1) is 0 Å². The van der Waals surface area contributed by atoms with Gasteiger partial charge >= 0.3 is 6.03 Å². The van der Waals surface area contributed by atoms with Gasteiger partial charge in [0.1, 0.15) is 0 Å². The smallest absolute Gasteiger partial charge is 0.315 e. The minimum absolute atomic E-state index is 0.0672. The second-order valence-electron chi connectivity index (χ2n) is 6.88. The molecule has 2 aromatic rings. The number of nitrogens with zero attached hydrogens (tertiary/aromatic N) is 1. The van der Waals surface area contributed by atoms with Gasteiger partial charge in [-0.2, -0.15) is 11.8 Å². The van der Waals surface area contributed by atoms with Crippen molar-refractivity contribution in [2.75, 3.05) is 11.1 Å². The number of amides is 3. The van der Waals surface area contributed by atoms with Gasteiger partial charge in [0.2, 0.25) is 5.91 Å². The lowest BCUT2D eigenvalue weighted by atomic mass is 10.0. The van der Waals surface area contributed by atoms with Crippen LogP contribution in [0.1, 0.15) is 25.7 Å². The highest BCUT2D eigenvalue weighted by Gasteiger charge is 2.42. The van der Waals surface area contributed by atoms with E-state index in [1.807, 2.05) is 11.8 Å². The average molecular weight is 387 g/mol. The highest BCUT2D eigenvalue weighted by atomic mass is 32.2. The van der Waals surface area contributed by atoms with Crippen molar-refractivity contribution in [2.45, 2.75) is 43.0 Å². The van der Waals surface area contributed by atoms with Crippen LogP contribution in [0, 0.1) is 0 Å². The molecule has 0 saturated carbocycles. The quantitative estimate of drug-likeness (QED) is 0.444. The van der Waals surface area contributed by atoms with E-state index < -0.39 is 0 Å². The molecule has 9 heteroatoms. The molecule has 142 valence electrons. The minimum Gasteiger partial charge on any atom is -0.332 e. The Bertz CT molecular complexity index is 931. The van der Waals surface area contributed by atoms with Gasteiger partial charge in [-0.3, -0.25) is 9.59 Å². The Hall–Kier alpha value is -2.55. The second-order valence-corrected chi connectivity index (χ2v) is 8.15. The molecule has 2 fully saturated rings. The average Bonchev–Trinajstić information content (AvgIpc) is 3.19. The number of anilines is 1. The van der Waals surface area contributed by atoms with E-state index >= 15 is 0 Å². The fourth-order valence-electron chi connectivity index (χ4n) is 3.64. The van der Waals surface area contributed by atoms with E-state index in [9.17, 15) is 14.4 Å². The first-order valence-corrected chi connectivity index (χ1v) is 10.1. The zero-order valence-corrected chi connectivity index (χ0v) is 15.5. The number of hydrogen-bond donors (Lipinski definition) is 4. The van der Waals surface area contributed by atoms with Crippen molar-refractivity contribution in [3.05, 3.63) is 34.9 Å². The molecule has 0 aliphatic carbocycles. The topological polar surface area (TPSA) is 116 Å². The minimum atomic E-state index is -0.225. The first-order chi connectivity index (χ1) is 13.1. The summed E-state index contributed by atoms with van der Waals surface area (Å²) >= 11 is 1.88. The molecule has 1 aromatic carbocycles. The molecule has 0 spiro atoms. The number of aromatic amines is 1. The van der Waals surface area contributed by atoms with Crippen LogP contribution in [0.4, 0.5) is 10.5 Å². The Kier molecular flexibility index (Phi) is 5.02. The van der Waals surface area contributed by atoms with Gasteiger partial charge in [0.05, 0.1) is 29.3 Å². The number of thioether (sulfide) groups is 1. The van der Waals surface area contributed by atoms with E-state index in [1.54, 1.807) is 18.2 Å². The summed E-state index contributed by atoms with van der Waals surface area (Å²) in [5, 5.41) is 9.63. The molecular formula is C18H21N5O3S. The molecule has 0 radical (unpaired) electrons. The largest absolute Gasteiger partial charge is 0.332 e. The maximum Gasteiger partial charge on any atom is 0.315 e. The van der Waals surface area contributed by atoms with E-state index in [4.69, 9.17) is 0 Å². The molecule has 8 nitrogen and oxygen atoms in total. The number of fused-ring (bicyclic) bond motifs is 2. The Morgan fingerprint density at radius 3 is 3.04 bits per heavy atom. The number of H-pyrrole nitrogens is 1. The third-order valence-corrected chi connectivity index (χ3v) is 6.51. The van der Waals surface area contributed by atoms with Gasteiger partial charge in [0.15, 0.2) is 0 Å². The van der Waals surface area contributed by atoms with Crippen molar-refractivity contribution in [1.29, 1.82) is 0 Å². The van der Waals surface area contributed by atoms with E-state index in [0.29, 0.717) is 28.3 Å². The third-order valence-electron chi connectivity index (χ3n) is 5.00. The fourth-order valence-corrected chi connectivity index (χ4v) is 5.19. The molecule has 1 aromatic heterocycles. The number of carbonyl (C=O) groups excluding carboxylic acids is 2. The second kappa shape index (κ2) is 7.59. The fraction of sp³-hybridized carbons (Fsp3) is 0.444. The zero-order valence-electron chi connectivity index (χ0n) is 14.7. The highest BCUT2D eigenvalue weighted by Crippen LogP contribution is 2.33. The lowest BCUT2D eigenvalue weighted by Gasteiger charge is -2.16. The molecule has 0 unspecified atom stereocenters. The van der Waals surface area contributed by atoms with Crippen molar-refractivity contribution >= 4 is 40.3 Å². The standard InChI is InChI=1S/C18H21N5O3S/c24-15(21-10-5-6-12-11(7-10)17(25)20-9-19-12)4-2-1-3-14-16-13(8-27-14)22-18(26)23-16/h5-7,9,13-14,16H,1-4,8H2,(H,21,24)(H,19,20,25)(H2,22,23,26)/t13-,14-,16-/m0/s1. The van der Waals surface area contributed by atoms with Crippen LogP contribution in [-0.2, 0) is 4.79 Å². The zero-order chi connectivity index (χ0) is 18.8. The molecule has 27 heavy (non-hydrogen) atoms. The summed E-state index contributed by atoms with van der Waals surface area (Å²) in [5.74, 6) is 0.882. The predicted molar refractivity (Wildman–Crippen MR) is 105 cm³/mol. The molecule has 3 heterocycles. The Morgan fingerprint density at radius 2 is 2.15 bits per heavy atom. The van der Waals surface area contributed by atoms with Crippen LogP contribution in [0.3, 0.4) is 0 Å². The highest BCUT2D eigenvalue weighted by molar-refractivity contribution is 8.00. The van der Waals surface area contributed by atoms with Crippen molar-refractivity contribution in [3.63, 3.8) is 0 Å². The first kappa shape index (κ1) is 17.8. The molecule has 2 aliphatic rings. The first-order valence-electron chi connectivity index (χ1n) is 9.06. The molecule has 0 bridgehead atoms. The number of rotatable bonds is 6. The molecule has 2 saturated heterocycles. The van der Waals surface area contributed by atoms with Crippen LogP contribution >= 0.6 is 11.8 Å². The predicted octanol–water partition coefficient (Wildman–Crippen LogP) is 1.59. The molecule has 4 N–H and O–H groups in total. The van der Waals surface area contributed by atoms with Crippen LogP contribution in [0.2, 0.25) is 0 Å². The Labute approximate surface area is 159 Å². The van der Waals surface area contributed by atoms with Crippen LogP contribution in [0.5, 0.6) is 0 Å². The lowest BCUT2D eigenvalue weighted by molar-refractivity contribution is -0.116. The van der Waals surface area contributed by atoms with E-state index in [0.717, 1.165) is 25.0 Å². The number of unbranched alkanes of at least 4 members (excludes halogenated alkanes) is 1. The molecule has 2 aliphatic heterocycles. The maximum absolute atomic E-state index is 12.2. The molecule has 3 amide bonds. The molecular weight excluding hydrogens is 366 g/mol. The number of nitrogens with one attached hydrogen (secondary N) is 4. The third kappa shape index (κ3) is 3.92. The Morgan fingerprint density at radius 1 is 1.26 bits per heavy atom. The number of hydrogen-bond acceptors (Lipinski definition) is 5. The maximum atomic E-state index is 12.2. The van der Waals surface area contributed by atoms with Crippen molar-refractivity contribution in [3.8, 4) is 0 Å². The van der Waals surface area contributed by atoms with Gasteiger partial charge in [-0.25, -0.2) is 9.78 Å². The number of urea groups is 1. The van der Waals surface area contributed by atoms with Gasteiger partial charge in [0.25, 0.3) is 5.56 Å². The van der Waals surface area contributed by atoms with Gasteiger partial charge < -0.3 is 20.9 Å². The van der Waals surface area contributed by atoms with Gasteiger partial charge in [0, 0.05) is 23.1 Å². The van der Waals surface area contributed by atoms with E-state index in [1.165, 1.54) is 6.33 Å². The molecule has 4 rings (SSSR count). The number of aromatic nitrogens is 2. The summed E-state index contributed by atoms with van der Waals surface area (Å²) in [6, 6.07) is 5.49. The molecule has 3 atom stereocenters. The van der Waals surface area contributed by atoms with E-state index in [2.05, 4.69) is 25.9 Å². The van der Waals surface area contributed by atoms with Crippen molar-refractivity contribution < 1.29 is 9.59 Å². The van der Waals surface area contributed by atoms with Crippen LogP contribution in [-0.4, -0.2) is 45.0 Å². The summed E-state index contributed by atoms with van der Waals surface area (Å²) in [7, 11) is 0. The van der Waals surface area contributed by atoms with Gasteiger partial charge in [-0.1, -0.05) is 6.42 Å². The summed E-state index contributed by atoms with van der Waals surface area (Å²) in [6.07, 6.45) is 4.50. The summed E-state index contributed by atoms with van der Waals surface area (Å²) in [5.41, 5.74) is 0.967. The normalized spacial score (nSPS) is 23.7. The summed E-state index contributed by atoms with van der Waals surface area (Å²) in [6.45, 7) is 0. The van der Waals surface area contributed by atoms with E-state index in [-0.39, 0.29) is 29.6 Å². The van der Waals surface area contributed by atoms with Crippen LogP contribution in [0.15, 0.2) is 29.3 Å². The monoisotopic (exact) mass is 387 g/mol. The van der Waals surface area contributed by atoms with Crippen molar-refractivity contribution in [1.82, 2.24) is 20.6 Å². The van der Waals surface area contributed by atoms with Crippen molar-refractivity contribution in [2.24, 2.45) is 0 Å². The number of carbonyl (C=O) groups is 2. The van der Waals surface area contributed by atoms with Crippen LogP contribution in [0.25, 0.3) is 10.9 Å². The Balaban J connectivity index is 1.24. The van der Waals surface area contributed by atoms with Gasteiger partial charge in [-0.05, 0) is 31.0 Å². The summed E-state index contributed by atoms with van der Waals surface area (Å²) in [4.78, 5) is 42.0. The number of benzene rings is 1. The van der Waals surface area contributed by atoms with Crippen LogP contribution < -0.4 is 21.5 Å².